The van der Waals surface area contributed by atoms with Crippen LogP contribution in [0.4, 0.5) is 0 Å². The van der Waals surface area contributed by atoms with Gasteiger partial charge in [0.2, 0.25) is 6.79 Å². The molecule has 2 aromatic rings. The Balaban J connectivity index is 1.52. The molecule has 3 nitrogen and oxygen atoms in total. The van der Waals surface area contributed by atoms with Crippen molar-refractivity contribution in [3.63, 3.8) is 0 Å². The van der Waals surface area contributed by atoms with Crippen molar-refractivity contribution in [3.05, 3.63) is 59.7 Å². The Morgan fingerprint density at radius 1 is 0.947 bits per heavy atom. The first-order valence-electron chi connectivity index (χ1n) is 6.55. The maximum absolute atomic E-state index is 5.48. The van der Waals surface area contributed by atoms with Gasteiger partial charge in [-0.1, -0.05) is 42.5 Å². The Bertz CT molecular complexity index is 540. The average molecular weight is 255 g/mol. The van der Waals surface area contributed by atoms with Gasteiger partial charge in [-0.15, -0.1) is 0 Å². The van der Waals surface area contributed by atoms with Crippen molar-refractivity contribution < 1.29 is 9.47 Å². The Kier molecular flexibility index (Phi) is 3.65. The van der Waals surface area contributed by atoms with Crippen LogP contribution in [0.2, 0.25) is 0 Å². The smallest absolute Gasteiger partial charge is 0.231 e. The standard InChI is InChI=1S/C16H17NO2/c1-2-5-13(6-3-1)9-10-17-11-14-7-4-8-15-16(14)19-12-18-15/h1-8,17H,9-12H2. The largest absolute Gasteiger partial charge is 0.454 e. The van der Waals surface area contributed by atoms with E-state index in [2.05, 4.69) is 35.6 Å². The van der Waals surface area contributed by atoms with Gasteiger partial charge in [0.15, 0.2) is 11.5 Å². The van der Waals surface area contributed by atoms with Crippen molar-refractivity contribution >= 4 is 0 Å². The van der Waals surface area contributed by atoms with Crippen molar-refractivity contribution in [1.82, 2.24) is 5.32 Å². The van der Waals surface area contributed by atoms with E-state index in [4.69, 9.17) is 9.47 Å². The quantitative estimate of drug-likeness (QED) is 0.833. The summed E-state index contributed by atoms with van der Waals surface area (Å²) < 4.78 is 10.8. The maximum Gasteiger partial charge on any atom is 0.231 e. The molecule has 1 N–H and O–H groups in total. The zero-order valence-electron chi connectivity index (χ0n) is 10.8. The van der Waals surface area contributed by atoms with E-state index in [-0.39, 0.29) is 0 Å². The normalized spacial score (nSPS) is 12.6. The van der Waals surface area contributed by atoms with Crippen LogP contribution in [0.5, 0.6) is 11.5 Å². The molecule has 0 saturated heterocycles. The van der Waals surface area contributed by atoms with Gasteiger partial charge in [-0.3, -0.25) is 0 Å². The van der Waals surface area contributed by atoms with Crippen molar-refractivity contribution in [1.29, 1.82) is 0 Å². The van der Waals surface area contributed by atoms with Crippen LogP contribution in [0.25, 0.3) is 0 Å². The molecule has 3 heteroatoms. The highest BCUT2D eigenvalue weighted by Gasteiger charge is 2.16. The third-order valence-corrected chi connectivity index (χ3v) is 3.23. The van der Waals surface area contributed by atoms with E-state index in [9.17, 15) is 0 Å². The number of hydrogen-bond acceptors (Lipinski definition) is 3. The predicted octanol–water partition coefficient (Wildman–Crippen LogP) is 2.75. The molecule has 2 aromatic carbocycles. The van der Waals surface area contributed by atoms with Crippen LogP contribution in [-0.2, 0) is 13.0 Å². The summed E-state index contributed by atoms with van der Waals surface area (Å²) in [5.41, 5.74) is 2.51. The predicted molar refractivity (Wildman–Crippen MR) is 74.4 cm³/mol. The highest BCUT2D eigenvalue weighted by atomic mass is 16.7. The molecule has 0 bridgehead atoms. The molecule has 1 aliphatic heterocycles. The fourth-order valence-electron chi connectivity index (χ4n) is 2.23. The first kappa shape index (κ1) is 12.1. The van der Waals surface area contributed by atoms with E-state index < -0.39 is 0 Å². The number of rotatable bonds is 5. The molecule has 1 heterocycles. The van der Waals surface area contributed by atoms with E-state index in [1.54, 1.807) is 0 Å². The third-order valence-electron chi connectivity index (χ3n) is 3.23. The fraction of sp³-hybridized carbons (Fsp3) is 0.250. The summed E-state index contributed by atoms with van der Waals surface area (Å²) in [6.45, 7) is 2.09. The van der Waals surface area contributed by atoms with Crippen molar-refractivity contribution in [2.45, 2.75) is 13.0 Å². The van der Waals surface area contributed by atoms with E-state index in [0.29, 0.717) is 6.79 Å². The van der Waals surface area contributed by atoms with Gasteiger partial charge in [0.1, 0.15) is 0 Å². The minimum atomic E-state index is 0.330. The Labute approximate surface area is 113 Å². The molecule has 1 aliphatic rings. The van der Waals surface area contributed by atoms with Crippen LogP contribution >= 0.6 is 0 Å². The van der Waals surface area contributed by atoms with Gasteiger partial charge in [-0.25, -0.2) is 0 Å². The van der Waals surface area contributed by atoms with Crippen molar-refractivity contribution in [3.8, 4) is 11.5 Å². The number of fused-ring (bicyclic) bond motifs is 1. The summed E-state index contributed by atoms with van der Waals surface area (Å²) in [6.07, 6.45) is 1.03. The molecule has 0 aliphatic carbocycles. The van der Waals surface area contributed by atoms with Crippen LogP contribution < -0.4 is 14.8 Å². The SMILES string of the molecule is c1ccc(CCNCc2cccc3c2OCO3)cc1. The summed E-state index contributed by atoms with van der Waals surface area (Å²) in [6, 6.07) is 16.5. The molecule has 19 heavy (non-hydrogen) atoms. The molecule has 0 atom stereocenters. The Hall–Kier alpha value is -2.00. The second-order valence-electron chi connectivity index (χ2n) is 4.56. The molecule has 3 rings (SSSR count). The number of ether oxygens (including phenoxy) is 2. The number of para-hydroxylation sites is 1. The maximum atomic E-state index is 5.48. The molecule has 0 radical (unpaired) electrons. The topological polar surface area (TPSA) is 30.5 Å². The summed E-state index contributed by atoms with van der Waals surface area (Å²) >= 11 is 0. The summed E-state index contributed by atoms with van der Waals surface area (Å²) in [5.74, 6) is 1.73. The van der Waals surface area contributed by atoms with Crippen LogP contribution in [0.3, 0.4) is 0 Å². The van der Waals surface area contributed by atoms with Gasteiger partial charge in [0.25, 0.3) is 0 Å². The van der Waals surface area contributed by atoms with Gasteiger partial charge < -0.3 is 14.8 Å². The summed E-state index contributed by atoms with van der Waals surface area (Å²) in [4.78, 5) is 0. The minimum absolute atomic E-state index is 0.330. The van der Waals surface area contributed by atoms with Crippen LogP contribution in [0, 0.1) is 0 Å². The van der Waals surface area contributed by atoms with Crippen LogP contribution in [0.15, 0.2) is 48.5 Å². The van der Waals surface area contributed by atoms with Crippen molar-refractivity contribution in [2.75, 3.05) is 13.3 Å². The monoisotopic (exact) mass is 255 g/mol. The molecule has 98 valence electrons. The van der Waals surface area contributed by atoms with Gasteiger partial charge in [-0.2, -0.15) is 0 Å². The van der Waals surface area contributed by atoms with Crippen LogP contribution in [-0.4, -0.2) is 13.3 Å². The van der Waals surface area contributed by atoms with Gasteiger partial charge in [-0.05, 0) is 24.6 Å². The minimum Gasteiger partial charge on any atom is -0.454 e. The molecule has 0 aromatic heterocycles. The summed E-state index contributed by atoms with van der Waals surface area (Å²) in [7, 11) is 0. The lowest BCUT2D eigenvalue weighted by molar-refractivity contribution is 0.173. The third kappa shape index (κ3) is 2.88. The molecule has 0 amide bonds. The van der Waals surface area contributed by atoms with E-state index in [1.165, 1.54) is 5.56 Å². The number of hydrogen-bond donors (Lipinski definition) is 1. The second-order valence-corrected chi connectivity index (χ2v) is 4.56. The fourth-order valence-corrected chi connectivity index (χ4v) is 2.23. The average Bonchev–Trinajstić information content (AvgIpc) is 2.94. The molecule has 0 spiro atoms. The van der Waals surface area contributed by atoms with Gasteiger partial charge in [0.05, 0.1) is 0 Å². The Morgan fingerprint density at radius 2 is 1.84 bits per heavy atom. The lowest BCUT2D eigenvalue weighted by Gasteiger charge is -2.07. The molecule has 0 fully saturated rings. The zero-order valence-corrected chi connectivity index (χ0v) is 10.8. The van der Waals surface area contributed by atoms with Gasteiger partial charge >= 0.3 is 0 Å². The lowest BCUT2D eigenvalue weighted by atomic mass is 10.1. The molecular formula is C16H17NO2. The zero-order chi connectivity index (χ0) is 12.9. The lowest BCUT2D eigenvalue weighted by Crippen LogP contribution is -2.16. The first-order valence-corrected chi connectivity index (χ1v) is 6.55. The highest BCUT2D eigenvalue weighted by molar-refractivity contribution is 5.48. The van der Waals surface area contributed by atoms with E-state index in [0.717, 1.165) is 36.6 Å². The Morgan fingerprint density at radius 3 is 2.74 bits per heavy atom. The number of nitrogens with one attached hydrogen (secondary N) is 1. The second kappa shape index (κ2) is 5.76. The van der Waals surface area contributed by atoms with Crippen LogP contribution in [0.1, 0.15) is 11.1 Å². The van der Waals surface area contributed by atoms with Gasteiger partial charge in [0, 0.05) is 12.1 Å². The summed E-state index contributed by atoms with van der Waals surface area (Å²) in [5, 5.41) is 3.44. The highest BCUT2D eigenvalue weighted by Crippen LogP contribution is 2.35. The van der Waals surface area contributed by atoms with E-state index in [1.807, 2.05) is 18.2 Å². The number of benzene rings is 2. The van der Waals surface area contributed by atoms with Crippen molar-refractivity contribution in [2.24, 2.45) is 0 Å². The van der Waals surface area contributed by atoms with E-state index >= 15 is 0 Å². The first-order chi connectivity index (χ1) is 9.43. The molecule has 0 saturated carbocycles. The molecule has 0 unspecified atom stereocenters. The molecular weight excluding hydrogens is 238 g/mol.